The highest BCUT2D eigenvalue weighted by Crippen LogP contribution is 2.38. The number of nitrogens with zero attached hydrogens (tertiary/aromatic N) is 5. The fraction of sp³-hybridized carbons (Fsp3) is 0.387. The molecule has 0 spiro atoms. The van der Waals surface area contributed by atoms with Crippen LogP contribution in [0.15, 0.2) is 41.7 Å². The summed E-state index contributed by atoms with van der Waals surface area (Å²) < 4.78 is 14.7. The minimum atomic E-state index is -0.378. The summed E-state index contributed by atoms with van der Waals surface area (Å²) in [6, 6.07) is 6.59. The number of aryl methyl sites for hydroxylation is 2. The summed E-state index contributed by atoms with van der Waals surface area (Å²) in [6.45, 7) is 0.955. The zero-order valence-corrected chi connectivity index (χ0v) is 25.5. The van der Waals surface area contributed by atoms with E-state index in [9.17, 15) is 19.2 Å². The molecule has 5 rings (SSSR count). The monoisotopic (exact) mass is 603 g/mol. The second kappa shape index (κ2) is 12.7. The van der Waals surface area contributed by atoms with Crippen molar-refractivity contribution in [1.29, 1.82) is 0 Å². The molecule has 232 valence electrons. The van der Waals surface area contributed by atoms with E-state index in [1.165, 1.54) is 12.0 Å². The Morgan fingerprint density at radius 2 is 1.70 bits per heavy atom. The van der Waals surface area contributed by atoms with Crippen molar-refractivity contribution >= 4 is 46.9 Å². The van der Waals surface area contributed by atoms with Crippen molar-refractivity contribution in [1.82, 2.24) is 18.9 Å². The van der Waals surface area contributed by atoms with Crippen molar-refractivity contribution in [3.8, 4) is 11.5 Å². The summed E-state index contributed by atoms with van der Waals surface area (Å²) in [5, 5.41) is 5.62. The van der Waals surface area contributed by atoms with Crippen LogP contribution in [0.2, 0.25) is 0 Å². The number of benzene rings is 1. The maximum Gasteiger partial charge on any atom is 0.272 e. The molecule has 4 amide bonds. The number of amides is 4. The Morgan fingerprint density at radius 3 is 2.43 bits per heavy atom. The SMILES string of the molecule is COc1cc2c(cc1OCCCC(=O)Nc1cc(C(=O)Nc3cc(C(=O)N(C)C)n(C)c3)n(C)c1)N=C[C@@H]1CCCN1C2=O. The molecule has 0 radical (unpaired) electrons. The van der Waals surface area contributed by atoms with Crippen LogP contribution in [-0.4, -0.2) is 89.2 Å². The third-order valence-electron chi connectivity index (χ3n) is 7.67. The highest BCUT2D eigenvalue weighted by Gasteiger charge is 2.32. The molecule has 0 saturated carbocycles. The smallest absolute Gasteiger partial charge is 0.272 e. The van der Waals surface area contributed by atoms with Gasteiger partial charge >= 0.3 is 0 Å². The number of hydrogen-bond donors (Lipinski definition) is 2. The van der Waals surface area contributed by atoms with Crippen molar-refractivity contribution in [3.63, 3.8) is 0 Å². The van der Waals surface area contributed by atoms with Crippen molar-refractivity contribution in [2.24, 2.45) is 19.1 Å². The molecule has 2 aromatic heterocycles. The molecule has 0 unspecified atom stereocenters. The zero-order chi connectivity index (χ0) is 31.5. The van der Waals surface area contributed by atoms with Crippen LogP contribution in [0.4, 0.5) is 17.1 Å². The van der Waals surface area contributed by atoms with Gasteiger partial charge in [-0.1, -0.05) is 0 Å². The lowest BCUT2D eigenvalue weighted by atomic mass is 10.1. The quantitative estimate of drug-likeness (QED) is 0.341. The number of carbonyl (C=O) groups excluding carboxylic acids is 4. The van der Waals surface area contributed by atoms with E-state index in [0.29, 0.717) is 58.5 Å². The lowest BCUT2D eigenvalue weighted by Gasteiger charge is -2.20. The number of rotatable bonds is 10. The van der Waals surface area contributed by atoms with E-state index in [-0.39, 0.29) is 42.7 Å². The maximum absolute atomic E-state index is 13.0. The Morgan fingerprint density at radius 1 is 1.00 bits per heavy atom. The average Bonchev–Trinajstić information content (AvgIpc) is 3.69. The van der Waals surface area contributed by atoms with Crippen molar-refractivity contribution in [3.05, 3.63) is 53.6 Å². The molecule has 2 aliphatic rings. The van der Waals surface area contributed by atoms with E-state index < -0.39 is 0 Å². The predicted octanol–water partition coefficient (Wildman–Crippen LogP) is 3.44. The Labute approximate surface area is 255 Å². The molecule has 2 N–H and O–H groups in total. The second-order valence-corrected chi connectivity index (χ2v) is 11.1. The van der Waals surface area contributed by atoms with Crippen LogP contribution >= 0.6 is 0 Å². The first kappa shape index (κ1) is 30.4. The van der Waals surface area contributed by atoms with E-state index in [0.717, 1.165) is 12.8 Å². The van der Waals surface area contributed by atoms with Crippen molar-refractivity contribution in [2.45, 2.75) is 31.7 Å². The van der Waals surface area contributed by atoms with E-state index in [1.807, 2.05) is 11.1 Å². The van der Waals surface area contributed by atoms with Crippen LogP contribution in [0.3, 0.4) is 0 Å². The number of hydrogen-bond acceptors (Lipinski definition) is 7. The van der Waals surface area contributed by atoms with Crippen LogP contribution in [0.5, 0.6) is 11.5 Å². The normalized spacial score (nSPS) is 15.3. The van der Waals surface area contributed by atoms with Crippen LogP contribution < -0.4 is 20.1 Å². The number of methoxy groups -OCH3 is 1. The van der Waals surface area contributed by atoms with E-state index >= 15 is 0 Å². The third kappa shape index (κ3) is 6.31. The lowest BCUT2D eigenvalue weighted by molar-refractivity contribution is -0.116. The Balaban J connectivity index is 1.14. The largest absolute Gasteiger partial charge is 0.493 e. The van der Waals surface area contributed by atoms with E-state index in [1.54, 1.807) is 74.0 Å². The first-order valence-corrected chi connectivity index (χ1v) is 14.4. The maximum atomic E-state index is 13.0. The molecule has 44 heavy (non-hydrogen) atoms. The molecule has 13 heteroatoms. The topological polar surface area (TPSA) is 139 Å². The molecule has 13 nitrogen and oxygen atoms in total. The Kier molecular flexibility index (Phi) is 8.74. The molecule has 3 aromatic rings. The number of fused-ring (bicyclic) bond motifs is 2. The van der Waals surface area contributed by atoms with Crippen LogP contribution in [0.25, 0.3) is 0 Å². The van der Waals surface area contributed by atoms with Gasteiger partial charge in [-0.25, -0.2) is 0 Å². The summed E-state index contributed by atoms with van der Waals surface area (Å²) >= 11 is 0. The summed E-state index contributed by atoms with van der Waals surface area (Å²) in [7, 11) is 8.28. The minimum absolute atomic E-state index is 0.0101. The van der Waals surface area contributed by atoms with Gasteiger partial charge in [0.1, 0.15) is 11.4 Å². The average molecular weight is 604 g/mol. The predicted molar refractivity (Wildman–Crippen MR) is 165 cm³/mol. The highest BCUT2D eigenvalue weighted by atomic mass is 16.5. The van der Waals surface area contributed by atoms with Gasteiger partial charge in [-0.3, -0.25) is 24.2 Å². The summed E-state index contributed by atoms with van der Waals surface area (Å²) in [5.41, 5.74) is 2.77. The van der Waals surface area contributed by atoms with Gasteiger partial charge in [0.2, 0.25) is 5.91 Å². The number of aliphatic imine (C=N–C) groups is 1. The van der Waals surface area contributed by atoms with Gasteiger partial charge in [-0.15, -0.1) is 0 Å². The lowest BCUT2D eigenvalue weighted by Crippen LogP contribution is -2.35. The molecule has 0 bridgehead atoms. The molecular weight excluding hydrogens is 566 g/mol. The number of ether oxygens (including phenoxy) is 2. The van der Waals surface area contributed by atoms with Crippen molar-refractivity contribution < 1.29 is 28.7 Å². The van der Waals surface area contributed by atoms with Crippen LogP contribution in [0.1, 0.15) is 57.0 Å². The third-order valence-corrected chi connectivity index (χ3v) is 7.67. The number of carbonyl (C=O) groups is 4. The summed E-state index contributed by atoms with van der Waals surface area (Å²) in [6.07, 6.45) is 7.61. The van der Waals surface area contributed by atoms with Crippen LogP contribution in [-0.2, 0) is 18.9 Å². The summed E-state index contributed by atoms with van der Waals surface area (Å²) in [4.78, 5) is 58.8. The van der Waals surface area contributed by atoms with Gasteiger partial charge in [-0.2, -0.15) is 0 Å². The molecule has 1 fully saturated rings. The fourth-order valence-electron chi connectivity index (χ4n) is 5.39. The van der Waals surface area contributed by atoms with Gasteiger partial charge in [0.25, 0.3) is 17.7 Å². The molecule has 1 atom stereocenters. The molecule has 4 heterocycles. The van der Waals surface area contributed by atoms with Gasteiger partial charge < -0.3 is 39.0 Å². The molecule has 0 aliphatic carbocycles. The van der Waals surface area contributed by atoms with Crippen LogP contribution in [0, 0.1) is 0 Å². The minimum Gasteiger partial charge on any atom is -0.493 e. The van der Waals surface area contributed by atoms with Gasteiger partial charge in [0, 0.05) is 65.8 Å². The highest BCUT2D eigenvalue weighted by molar-refractivity contribution is 6.05. The molecule has 2 aliphatic heterocycles. The molecule has 1 saturated heterocycles. The van der Waals surface area contributed by atoms with E-state index in [4.69, 9.17) is 9.47 Å². The Hall–Kier alpha value is -5.07. The Bertz CT molecular complexity index is 1640. The number of anilines is 2. The van der Waals surface area contributed by atoms with Gasteiger partial charge in [0.05, 0.1) is 42.4 Å². The van der Waals surface area contributed by atoms with Gasteiger partial charge in [-0.05, 0) is 37.5 Å². The second-order valence-electron chi connectivity index (χ2n) is 11.1. The van der Waals surface area contributed by atoms with Crippen molar-refractivity contribution in [2.75, 3.05) is 45.0 Å². The number of aromatic nitrogens is 2. The first-order valence-electron chi connectivity index (χ1n) is 14.4. The first-order chi connectivity index (χ1) is 21.0. The van der Waals surface area contributed by atoms with E-state index in [2.05, 4.69) is 15.6 Å². The molecule has 1 aromatic carbocycles. The fourth-order valence-corrected chi connectivity index (χ4v) is 5.39. The molecular formula is C31H37N7O6. The summed E-state index contributed by atoms with van der Waals surface area (Å²) in [5.74, 6) is 0.0383. The zero-order valence-electron chi connectivity index (χ0n) is 25.5. The standard InChI is InChI=1S/C31H37N7O6/c1-35(2)31(42)25-13-20(18-37(25)4)34-29(40)24-12-19(17-36(24)3)33-28(39)9-7-11-44-27-15-23-22(14-26(27)43-5)30(41)38-10-6-8-21(38)16-32-23/h12-18,21H,6-11H2,1-5H3,(H,33,39)(H,34,40)/t21-/m0/s1. The number of nitrogens with one attached hydrogen (secondary N) is 2. The van der Waals surface area contributed by atoms with Gasteiger partial charge in [0.15, 0.2) is 11.5 Å².